The van der Waals surface area contributed by atoms with Crippen LogP contribution < -0.4 is 20.1 Å². The van der Waals surface area contributed by atoms with E-state index in [1.54, 1.807) is 24.3 Å². The van der Waals surface area contributed by atoms with Gasteiger partial charge in [-0.15, -0.1) is 0 Å². The lowest BCUT2D eigenvalue weighted by molar-refractivity contribution is -0.116. The molecule has 2 aromatic rings. The zero-order chi connectivity index (χ0) is 31.2. The molecule has 0 spiro atoms. The number of methoxy groups -OCH3 is 1. The van der Waals surface area contributed by atoms with E-state index in [2.05, 4.69) is 17.6 Å². The zero-order valence-electron chi connectivity index (χ0n) is 26.3. The molecule has 0 heterocycles. The van der Waals surface area contributed by atoms with Crippen LogP contribution in [0.2, 0.25) is 0 Å². The number of hydrogen-bond acceptors (Lipinski definition) is 5. The van der Waals surface area contributed by atoms with Gasteiger partial charge in [-0.25, -0.2) is 17.9 Å². The molecule has 43 heavy (non-hydrogen) atoms. The molecule has 0 fully saturated rings. The minimum absolute atomic E-state index is 0.0370. The fraction of sp³-hybridized carbons (Fsp3) is 0.588. The predicted molar refractivity (Wildman–Crippen MR) is 176 cm³/mol. The maximum Gasteiger partial charge on any atom is 0.333 e. The van der Waals surface area contributed by atoms with Crippen LogP contribution in [0.15, 0.2) is 53.4 Å². The number of amides is 3. The summed E-state index contributed by atoms with van der Waals surface area (Å²) in [5.74, 6) is 0.473. The van der Waals surface area contributed by atoms with Crippen LogP contribution in [0.4, 0.5) is 16.2 Å². The Hall–Kier alpha value is -3.07. The molecule has 0 radical (unpaired) electrons. The Morgan fingerprint density at radius 1 is 0.605 bits per heavy atom. The lowest BCUT2D eigenvalue weighted by Crippen LogP contribution is -2.34. The SMILES string of the molecule is CCCCCCCCCCCCCCCCCCCC(=O)Nc1ccc(NC(=O)NS(=O)(=O)c2ccc(OC)cc2)cc1. The molecule has 3 N–H and O–H groups in total. The van der Waals surface area contributed by atoms with Crippen molar-refractivity contribution < 1.29 is 22.7 Å². The normalized spacial score (nSPS) is 11.2. The van der Waals surface area contributed by atoms with Crippen molar-refractivity contribution in [2.75, 3.05) is 17.7 Å². The van der Waals surface area contributed by atoms with Crippen LogP contribution in [0.3, 0.4) is 0 Å². The van der Waals surface area contributed by atoms with Gasteiger partial charge in [0.05, 0.1) is 12.0 Å². The number of benzene rings is 2. The summed E-state index contributed by atoms with van der Waals surface area (Å²) in [5, 5.41) is 5.36. The Morgan fingerprint density at radius 2 is 1.02 bits per heavy atom. The van der Waals surface area contributed by atoms with Crippen LogP contribution in [0.5, 0.6) is 5.75 Å². The maximum absolute atomic E-state index is 12.4. The first-order valence-electron chi connectivity index (χ1n) is 16.2. The average molecular weight is 616 g/mol. The van der Waals surface area contributed by atoms with E-state index < -0.39 is 16.1 Å². The summed E-state index contributed by atoms with van der Waals surface area (Å²) >= 11 is 0. The molecule has 0 aliphatic heterocycles. The quantitative estimate of drug-likeness (QED) is 0.108. The number of rotatable bonds is 23. The van der Waals surface area contributed by atoms with Crippen LogP contribution in [-0.4, -0.2) is 27.5 Å². The number of unbranched alkanes of at least 4 members (excludes halogenated alkanes) is 16. The van der Waals surface area contributed by atoms with E-state index in [0.29, 0.717) is 23.5 Å². The van der Waals surface area contributed by atoms with Crippen molar-refractivity contribution in [3.05, 3.63) is 48.5 Å². The van der Waals surface area contributed by atoms with E-state index in [4.69, 9.17) is 4.74 Å². The Balaban J connectivity index is 1.49. The third-order valence-corrected chi connectivity index (χ3v) is 8.88. The lowest BCUT2D eigenvalue weighted by Gasteiger charge is -2.10. The number of urea groups is 1. The minimum atomic E-state index is -4.03. The Labute approximate surface area is 259 Å². The topological polar surface area (TPSA) is 114 Å². The molecule has 2 rings (SSSR count). The number of carbonyl (C=O) groups excluding carboxylic acids is 2. The van der Waals surface area contributed by atoms with Crippen LogP contribution in [0.25, 0.3) is 0 Å². The number of anilines is 2. The molecule has 0 atom stereocenters. The summed E-state index contributed by atoms with van der Waals surface area (Å²) in [6, 6.07) is 11.4. The second-order valence-electron chi connectivity index (χ2n) is 11.3. The van der Waals surface area contributed by atoms with Gasteiger partial charge in [-0.1, -0.05) is 110 Å². The van der Waals surface area contributed by atoms with Gasteiger partial charge >= 0.3 is 6.03 Å². The van der Waals surface area contributed by atoms with Crippen LogP contribution in [0, 0.1) is 0 Å². The summed E-state index contributed by atoms with van der Waals surface area (Å²) in [5.41, 5.74) is 1.02. The maximum atomic E-state index is 12.4. The average Bonchev–Trinajstić information content (AvgIpc) is 2.99. The molecule has 0 saturated carbocycles. The number of nitrogens with one attached hydrogen (secondary N) is 3. The summed E-state index contributed by atoms with van der Waals surface area (Å²) < 4.78 is 31.8. The summed E-state index contributed by atoms with van der Waals surface area (Å²) in [6.45, 7) is 2.27. The van der Waals surface area contributed by atoms with Gasteiger partial charge in [0.25, 0.3) is 10.0 Å². The van der Waals surface area contributed by atoms with E-state index in [-0.39, 0.29) is 10.8 Å². The summed E-state index contributed by atoms with van der Waals surface area (Å²) in [7, 11) is -2.55. The van der Waals surface area contributed by atoms with Crippen LogP contribution in [-0.2, 0) is 14.8 Å². The molecule has 0 aromatic heterocycles. The number of carbonyl (C=O) groups is 2. The zero-order valence-corrected chi connectivity index (χ0v) is 27.1. The highest BCUT2D eigenvalue weighted by Crippen LogP contribution is 2.18. The van der Waals surface area contributed by atoms with Crippen molar-refractivity contribution in [3.63, 3.8) is 0 Å². The van der Waals surface area contributed by atoms with Crippen molar-refractivity contribution in [3.8, 4) is 5.75 Å². The van der Waals surface area contributed by atoms with Crippen molar-refractivity contribution in [1.82, 2.24) is 4.72 Å². The van der Waals surface area contributed by atoms with E-state index in [1.165, 1.54) is 128 Å². The molecule has 0 unspecified atom stereocenters. The van der Waals surface area contributed by atoms with Gasteiger partial charge < -0.3 is 15.4 Å². The van der Waals surface area contributed by atoms with Gasteiger partial charge in [0.2, 0.25) is 5.91 Å². The molecule has 8 nitrogen and oxygen atoms in total. The van der Waals surface area contributed by atoms with E-state index in [1.807, 2.05) is 4.72 Å². The molecule has 3 amide bonds. The first-order valence-corrected chi connectivity index (χ1v) is 17.7. The Kier molecular flexibility index (Phi) is 18.1. The van der Waals surface area contributed by atoms with Crippen LogP contribution >= 0.6 is 0 Å². The molecule has 2 aromatic carbocycles. The Bertz CT molecular complexity index is 1150. The standard InChI is InChI=1S/C34H53N3O5S/c1-3-4-5-6-7-8-9-10-11-12-13-14-15-16-17-18-19-20-33(38)35-29-21-23-30(24-22-29)36-34(39)37-43(40,41)32-27-25-31(42-2)26-28-32/h21-28H,3-20H2,1-2H3,(H,35,38)(H2,36,37,39). The fourth-order valence-corrected chi connectivity index (χ4v) is 5.87. The van der Waals surface area contributed by atoms with Gasteiger partial charge in [-0.2, -0.15) is 0 Å². The minimum Gasteiger partial charge on any atom is -0.497 e. The Morgan fingerprint density at radius 3 is 1.47 bits per heavy atom. The molecule has 9 heteroatoms. The highest BCUT2D eigenvalue weighted by Gasteiger charge is 2.17. The molecule has 0 aliphatic carbocycles. The highest BCUT2D eigenvalue weighted by molar-refractivity contribution is 7.90. The predicted octanol–water partition coefficient (Wildman–Crippen LogP) is 9.19. The number of sulfonamides is 1. The number of hydrogen-bond donors (Lipinski definition) is 3. The first kappa shape index (κ1) is 36.1. The monoisotopic (exact) mass is 615 g/mol. The smallest absolute Gasteiger partial charge is 0.333 e. The summed E-state index contributed by atoms with van der Waals surface area (Å²) in [6.07, 6.45) is 22.7. The third kappa shape index (κ3) is 16.4. The molecule has 0 aliphatic rings. The van der Waals surface area contributed by atoms with E-state index >= 15 is 0 Å². The second-order valence-corrected chi connectivity index (χ2v) is 12.9. The second kappa shape index (κ2) is 21.6. The van der Waals surface area contributed by atoms with Crippen molar-refractivity contribution in [2.45, 2.75) is 127 Å². The molecular formula is C34H53N3O5S. The highest BCUT2D eigenvalue weighted by atomic mass is 32.2. The van der Waals surface area contributed by atoms with Crippen molar-refractivity contribution in [1.29, 1.82) is 0 Å². The van der Waals surface area contributed by atoms with Crippen molar-refractivity contribution in [2.24, 2.45) is 0 Å². The largest absolute Gasteiger partial charge is 0.497 e. The van der Waals surface area contributed by atoms with E-state index in [0.717, 1.165) is 12.8 Å². The van der Waals surface area contributed by atoms with Gasteiger partial charge in [0.1, 0.15) is 5.75 Å². The number of ether oxygens (including phenoxy) is 1. The lowest BCUT2D eigenvalue weighted by atomic mass is 10.0. The summed E-state index contributed by atoms with van der Waals surface area (Å²) in [4.78, 5) is 24.5. The van der Waals surface area contributed by atoms with Gasteiger partial charge in [0, 0.05) is 17.8 Å². The van der Waals surface area contributed by atoms with E-state index in [9.17, 15) is 18.0 Å². The molecule has 240 valence electrons. The van der Waals surface area contributed by atoms with Crippen LogP contribution in [0.1, 0.15) is 122 Å². The van der Waals surface area contributed by atoms with Gasteiger partial charge in [-0.05, 0) is 55.0 Å². The van der Waals surface area contributed by atoms with Gasteiger partial charge in [0.15, 0.2) is 0 Å². The van der Waals surface area contributed by atoms with Gasteiger partial charge in [-0.3, -0.25) is 4.79 Å². The van der Waals surface area contributed by atoms with Crippen molar-refractivity contribution >= 4 is 33.3 Å². The molecular weight excluding hydrogens is 562 g/mol. The molecule has 0 bridgehead atoms. The third-order valence-electron chi connectivity index (χ3n) is 7.53. The fourth-order valence-electron chi connectivity index (χ4n) is 4.96. The molecule has 0 saturated heterocycles. The first-order chi connectivity index (χ1) is 20.8.